The molecule has 0 bridgehead atoms. The molecule has 18 aromatic carbocycles. The molecule has 0 radical (unpaired) electrons. The zero-order valence-corrected chi connectivity index (χ0v) is 73.1. The van der Waals surface area contributed by atoms with Crippen LogP contribution >= 0.6 is 34.0 Å². The van der Waals surface area contributed by atoms with Gasteiger partial charge in [-0.25, -0.2) is 15.0 Å². The van der Waals surface area contributed by atoms with Crippen LogP contribution in [0.1, 0.15) is 0 Å². The number of rotatable bonds is 12. The first-order valence-electron chi connectivity index (χ1n) is 43.9. The van der Waals surface area contributed by atoms with E-state index >= 15 is 0 Å². The fourth-order valence-electron chi connectivity index (χ4n) is 18.8. The molecular weight excluding hydrogens is 1670 g/mol. The number of nitrogens with zero attached hydrogens (tertiary/aromatic N) is 12. The monoisotopic (exact) mass is 1740 g/mol. The Bertz CT molecular complexity index is 8830. The zero-order valence-electron chi connectivity index (χ0n) is 70.7. The Balaban J connectivity index is 0.000000106. The zero-order chi connectivity index (χ0) is 87.1. The van der Waals surface area contributed by atoms with Crippen molar-refractivity contribution in [2.24, 2.45) is 0 Å². The summed E-state index contributed by atoms with van der Waals surface area (Å²) in [7, 11) is 0. The van der Waals surface area contributed by atoms with Gasteiger partial charge in [-0.05, 0) is 82.4 Å². The first-order chi connectivity index (χ1) is 65.5. The van der Waals surface area contributed by atoms with E-state index in [0.717, 1.165) is 72.0 Å². The average Bonchev–Trinajstić information content (AvgIpc) is 1.56. The lowest BCUT2D eigenvalue weighted by Gasteiger charge is -2.12. The second kappa shape index (κ2) is 32.7. The Kier molecular flexibility index (Phi) is 19.2. The van der Waals surface area contributed by atoms with Crippen molar-refractivity contribution in [3.8, 4) is 120 Å². The number of aromatic nitrogens is 12. The van der Waals surface area contributed by atoms with Gasteiger partial charge in [-0.15, -0.1) is 34.0 Å². The number of para-hydroxylation sites is 2. The molecule has 0 amide bonds. The van der Waals surface area contributed by atoms with E-state index in [4.69, 9.17) is 44.9 Å². The highest BCUT2D eigenvalue weighted by molar-refractivity contribution is 7.27. The van der Waals surface area contributed by atoms with E-state index in [9.17, 15) is 0 Å². The minimum Gasteiger partial charge on any atom is -0.277 e. The Hall–Kier alpha value is -17.0. The summed E-state index contributed by atoms with van der Waals surface area (Å²) in [5.41, 5.74) is 19.4. The molecule has 0 unspecified atom stereocenters. The van der Waals surface area contributed by atoms with Gasteiger partial charge in [0.2, 0.25) is 17.8 Å². The van der Waals surface area contributed by atoms with Gasteiger partial charge in [-0.3, -0.25) is 13.7 Å². The van der Waals surface area contributed by atoms with Crippen molar-refractivity contribution in [3.05, 3.63) is 437 Å². The molecule has 9 aromatic heterocycles. The van der Waals surface area contributed by atoms with Crippen molar-refractivity contribution in [2.45, 2.75) is 0 Å². The minimum atomic E-state index is 0.602. The van der Waals surface area contributed by atoms with Gasteiger partial charge in [0.15, 0.2) is 34.9 Å². The fraction of sp³-hybridized carbons (Fsp3) is 0. The van der Waals surface area contributed by atoms with E-state index < -0.39 is 0 Å². The predicted molar refractivity (Wildman–Crippen MR) is 550 cm³/mol. The molecule has 0 saturated carbocycles. The third-order valence-electron chi connectivity index (χ3n) is 24.8. The van der Waals surface area contributed by atoms with Gasteiger partial charge in [0.1, 0.15) is 0 Å². The van der Waals surface area contributed by atoms with Gasteiger partial charge in [-0.1, -0.05) is 382 Å². The lowest BCUT2D eigenvalue weighted by Crippen LogP contribution is -2.06. The lowest BCUT2D eigenvalue weighted by molar-refractivity contribution is 0.955. The highest BCUT2D eigenvalue weighted by atomic mass is 32.1. The second-order valence-electron chi connectivity index (χ2n) is 32.6. The molecule has 0 aliphatic heterocycles. The third-order valence-corrected chi connectivity index (χ3v) is 28.2. The highest BCUT2D eigenvalue weighted by Crippen LogP contribution is 2.51. The maximum Gasteiger partial charge on any atom is 0.238 e. The number of hydrogen-bond acceptors (Lipinski definition) is 12. The Labute approximate surface area is 769 Å². The smallest absolute Gasteiger partial charge is 0.238 e. The third kappa shape index (κ3) is 13.5. The molecule has 9 heterocycles. The molecule has 0 aliphatic rings. The topological polar surface area (TPSA) is 131 Å². The van der Waals surface area contributed by atoms with E-state index in [1.807, 2.05) is 143 Å². The maximum absolute atomic E-state index is 5.19. The van der Waals surface area contributed by atoms with Crippen LogP contribution in [-0.4, -0.2) is 58.6 Å². The van der Waals surface area contributed by atoms with Crippen LogP contribution in [0.25, 0.3) is 245 Å². The fourth-order valence-corrected chi connectivity index (χ4v) is 22.3. The largest absolute Gasteiger partial charge is 0.277 e. The van der Waals surface area contributed by atoms with Crippen LogP contribution in [0, 0.1) is 0 Å². The van der Waals surface area contributed by atoms with Gasteiger partial charge < -0.3 is 0 Å². The molecule has 0 aliphatic carbocycles. The molecule has 618 valence electrons. The summed E-state index contributed by atoms with van der Waals surface area (Å²) < 4.78 is 14.3. The van der Waals surface area contributed by atoms with Crippen LogP contribution in [-0.2, 0) is 0 Å². The predicted octanol–water partition coefficient (Wildman–Crippen LogP) is 31.0. The molecule has 0 atom stereocenters. The molecule has 0 spiro atoms. The molecule has 132 heavy (non-hydrogen) atoms. The first kappa shape index (κ1) is 77.4. The van der Waals surface area contributed by atoms with Crippen molar-refractivity contribution >= 4 is 160 Å². The van der Waals surface area contributed by atoms with Crippen LogP contribution in [0.15, 0.2) is 437 Å². The molecule has 0 saturated heterocycles. The molecule has 27 rings (SSSR count). The summed E-state index contributed by atoms with van der Waals surface area (Å²) >= 11 is 5.50. The molecule has 0 N–H and O–H groups in total. The standard InChI is InChI=1S/3C39H24N4S/c1-4-14-25(15-5-1)30-24-31-28-20-10-12-22-32(28)43(35(31)34-29-21-11-13-23-33(29)44-36(30)34)39-41-37(26-16-6-2-7-17-26)40-38(42-39)27-18-8-3-9-19-27;1-4-14-25(15-5-1)30-24-33-35(29-21-11-13-23-32(29)44-33)36-34(30)28-20-10-12-22-31(28)43(36)39-41-37(26-16-6-2-7-17-26)40-38(42-39)27-18-8-3-9-19-27;1-4-12-25(13-5-1)28-20-21-29-30-22-23-34-35(31-18-10-11-19-33(31)44-34)36(30)43(32(29)24-28)39-41-37(26-14-6-2-7-15-26)40-38(42-39)27-16-8-3-9-17-27/h3*1-24H. The van der Waals surface area contributed by atoms with Gasteiger partial charge in [0.25, 0.3) is 0 Å². The molecule has 15 heteroatoms. The van der Waals surface area contributed by atoms with Gasteiger partial charge in [-0.2, -0.15) is 29.9 Å². The Morgan fingerprint density at radius 1 is 0.159 bits per heavy atom. The summed E-state index contributed by atoms with van der Waals surface area (Å²) in [4.78, 5) is 46.0. The maximum atomic E-state index is 5.19. The van der Waals surface area contributed by atoms with E-state index in [-0.39, 0.29) is 0 Å². The normalized spacial score (nSPS) is 11.6. The van der Waals surface area contributed by atoms with Crippen molar-refractivity contribution < 1.29 is 0 Å². The van der Waals surface area contributed by atoms with Crippen molar-refractivity contribution in [1.29, 1.82) is 0 Å². The lowest BCUT2D eigenvalue weighted by atomic mass is 9.97. The summed E-state index contributed by atoms with van der Waals surface area (Å²) in [6.07, 6.45) is 0. The Morgan fingerprint density at radius 2 is 0.470 bits per heavy atom. The van der Waals surface area contributed by atoms with E-state index in [1.54, 1.807) is 0 Å². The number of benzene rings is 18. The van der Waals surface area contributed by atoms with E-state index in [0.29, 0.717) is 52.8 Å². The van der Waals surface area contributed by atoms with Crippen molar-refractivity contribution in [1.82, 2.24) is 58.6 Å². The summed E-state index contributed by atoms with van der Waals surface area (Å²) in [6, 6.07) is 152. The Morgan fingerprint density at radius 3 is 0.917 bits per heavy atom. The second-order valence-corrected chi connectivity index (χ2v) is 35.8. The average molecular weight is 1740 g/mol. The van der Waals surface area contributed by atoms with Gasteiger partial charge in [0, 0.05) is 132 Å². The quantitative estimate of drug-likeness (QED) is 0.117. The SMILES string of the molecule is c1ccc(-c2ccc3c4ccc5sc6ccccc6c5c4n(-c4nc(-c5ccccc5)nc(-c5ccccc5)n4)c3c2)cc1.c1ccc(-c2nc(-c3ccccc3)nc(-n3c4ccccc4c4c(-c5ccccc5)cc5sc6ccccc6c5c43)n2)cc1.c1ccc(-c2nc(-c3ccccc3)nc(-n3c4ccccc4c4cc(-c5ccccc5)c5sc6ccccc6c5c43)n2)cc1. The van der Waals surface area contributed by atoms with E-state index in [2.05, 4.69) is 341 Å². The molecule has 0 fully saturated rings. The van der Waals surface area contributed by atoms with Crippen LogP contribution in [0.4, 0.5) is 0 Å². The highest BCUT2D eigenvalue weighted by Gasteiger charge is 2.29. The summed E-state index contributed by atoms with van der Waals surface area (Å²) in [5.74, 6) is 5.68. The molecular formula is C117H72N12S3. The summed E-state index contributed by atoms with van der Waals surface area (Å²) in [6.45, 7) is 0. The number of thiophene rings is 3. The van der Waals surface area contributed by atoms with Crippen LogP contribution in [0.2, 0.25) is 0 Å². The summed E-state index contributed by atoms with van der Waals surface area (Å²) in [5, 5.41) is 14.4. The van der Waals surface area contributed by atoms with Crippen LogP contribution in [0.5, 0.6) is 0 Å². The molecule has 12 nitrogen and oxygen atoms in total. The van der Waals surface area contributed by atoms with Crippen molar-refractivity contribution in [2.75, 3.05) is 0 Å². The van der Waals surface area contributed by atoms with Gasteiger partial charge in [0.05, 0.1) is 33.1 Å². The van der Waals surface area contributed by atoms with E-state index in [1.165, 1.54) is 121 Å². The molecule has 27 aromatic rings. The van der Waals surface area contributed by atoms with Crippen LogP contribution < -0.4 is 0 Å². The van der Waals surface area contributed by atoms with Gasteiger partial charge >= 0.3 is 0 Å². The first-order valence-corrected chi connectivity index (χ1v) is 46.3. The number of fused-ring (bicyclic) bond motifs is 21. The van der Waals surface area contributed by atoms with Crippen LogP contribution in [0.3, 0.4) is 0 Å². The minimum absolute atomic E-state index is 0.602. The van der Waals surface area contributed by atoms with Crippen molar-refractivity contribution in [3.63, 3.8) is 0 Å². The number of hydrogen-bond donors (Lipinski definition) is 0.